The predicted octanol–water partition coefficient (Wildman–Crippen LogP) is 7.29. The summed E-state index contributed by atoms with van der Waals surface area (Å²) in [6, 6.07) is 0.239. The lowest BCUT2D eigenvalue weighted by atomic mass is 9.99. The molecule has 1 saturated heterocycles. The van der Waals surface area contributed by atoms with Crippen LogP contribution in [0.25, 0.3) is 0 Å². The fraction of sp³-hybridized carbons (Fsp3) is 0.867. The lowest BCUT2D eigenvalue weighted by Crippen LogP contribution is -2.36. The Bertz CT molecular complexity index is 685. The molecule has 2 N–H and O–H groups in total. The summed E-state index contributed by atoms with van der Waals surface area (Å²) in [4.78, 5) is 39.2. The quantitative estimate of drug-likeness (QED) is 0.0813. The first-order chi connectivity index (χ1) is 17.8. The maximum absolute atomic E-state index is 12.8. The lowest BCUT2D eigenvalue weighted by molar-refractivity contribution is -0.138. The highest BCUT2D eigenvalue weighted by Crippen LogP contribution is 2.26. The Labute approximate surface area is 231 Å². The number of nitrogens with zero attached hydrogens (tertiary/aromatic N) is 1. The molecule has 0 aliphatic carbocycles. The Morgan fingerprint density at radius 1 is 0.946 bits per heavy atom. The monoisotopic (exact) mass is 537 g/mol. The molecule has 1 aliphatic heterocycles. The number of hydrogen-bond donors (Lipinski definition) is 2. The van der Waals surface area contributed by atoms with Crippen LogP contribution in [0, 0.1) is 11.3 Å². The van der Waals surface area contributed by atoms with Gasteiger partial charge in [-0.2, -0.15) is 0 Å². The van der Waals surface area contributed by atoms with Crippen molar-refractivity contribution in [2.75, 3.05) is 12.3 Å². The molecule has 0 bridgehead atoms. The summed E-state index contributed by atoms with van der Waals surface area (Å²) in [7, 11) is 0. The molecule has 0 radical (unpaired) electrons. The summed E-state index contributed by atoms with van der Waals surface area (Å²) in [5, 5.41) is 11.0. The van der Waals surface area contributed by atoms with E-state index in [4.69, 9.17) is 5.41 Å². The Hall–Kier alpha value is -1.37. The lowest BCUT2D eigenvalue weighted by Gasteiger charge is -2.20. The third-order valence-corrected chi connectivity index (χ3v) is 8.83. The Kier molecular flexibility index (Phi) is 18.7. The number of carbonyl (C=O) groups excluding carboxylic acids is 3. The number of likely N-dealkylation sites (tertiary alicyclic amines) is 1. The molecule has 37 heavy (non-hydrogen) atoms. The molecule has 0 spiro atoms. The van der Waals surface area contributed by atoms with Gasteiger partial charge in [-0.3, -0.25) is 19.3 Å². The summed E-state index contributed by atoms with van der Waals surface area (Å²) in [5.41, 5.74) is 0.775. The van der Waals surface area contributed by atoms with Crippen molar-refractivity contribution in [3.05, 3.63) is 0 Å². The van der Waals surface area contributed by atoms with E-state index < -0.39 is 0 Å². The topological polar surface area (TPSA) is 90.3 Å². The average Bonchev–Trinajstić information content (AvgIpc) is 3.15. The van der Waals surface area contributed by atoms with Crippen molar-refractivity contribution >= 4 is 35.2 Å². The van der Waals surface area contributed by atoms with E-state index in [0.717, 1.165) is 56.4 Å². The molecule has 1 fully saturated rings. The standard InChI is InChI=1S/C30H55N3O3S/c1-5-8-10-12-14-18-25(17-13-11-9-6-2)32-28(34)20-15-21-33-29(35)23-27(30(33)36)37-22-16-19-26(31)24(4)7-3/h24-25,27,31H,5-23H2,1-4H3,(H,32,34). The van der Waals surface area contributed by atoms with Gasteiger partial charge in [0.2, 0.25) is 17.7 Å². The van der Waals surface area contributed by atoms with Crippen molar-refractivity contribution in [3.8, 4) is 0 Å². The van der Waals surface area contributed by atoms with Crippen LogP contribution in [0.3, 0.4) is 0 Å². The van der Waals surface area contributed by atoms with Gasteiger partial charge in [-0.25, -0.2) is 0 Å². The van der Waals surface area contributed by atoms with E-state index in [1.807, 2.05) is 0 Å². The van der Waals surface area contributed by atoms with Gasteiger partial charge in [-0.1, -0.05) is 85.5 Å². The van der Waals surface area contributed by atoms with Gasteiger partial charge in [-0.15, -0.1) is 11.8 Å². The van der Waals surface area contributed by atoms with Gasteiger partial charge in [0.25, 0.3) is 0 Å². The molecule has 0 aromatic heterocycles. The second-order valence-electron chi connectivity index (χ2n) is 10.8. The van der Waals surface area contributed by atoms with E-state index in [9.17, 15) is 14.4 Å². The van der Waals surface area contributed by atoms with Gasteiger partial charge in [0.05, 0.1) is 5.25 Å². The molecule has 1 aliphatic rings. The fourth-order valence-electron chi connectivity index (χ4n) is 4.80. The third-order valence-electron chi connectivity index (χ3n) is 7.53. The third kappa shape index (κ3) is 14.4. The second-order valence-corrected chi connectivity index (χ2v) is 12.1. The van der Waals surface area contributed by atoms with Crippen LogP contribution in [-0.2, 0) is 14.4 Å². The van der Waals surface area contributed by atoms with Crippen molar-refractivity contribution in [2.24, 2.45) is 5.92 Å². The molecule has 7 heteroatoms. The van der Waals surface area contributed by atoms with Crippen molar-refractivity contribution in [2.45, 2.75) is 148 Å². The van der Waals surface area contributed by atoms with Crippen LogP contribution in [0.1, 0.15) is 137 Å². The molecule has 214 valence electrons. The summed E-state index contributed by atoms with van der Waals surface area (Å²) in [6.07, 6.45) is 16.8. The van der Waals surface area contributed by atoms with Crippen LogP contribution < -0.4 is 5.32 Å². The van der Waals surface area contributed by atoms with Crippen LogP contribution in [-0.4, -0.2) is 51.9 Å². The molecule has 3 atom stereocenters. The summed E-state index contributed by atoms with van der Waals surface area (Å²) in [5.74, 6) is 0.929. The highest BCUT2D eigenvalue weighted by Gasteiger charge is 2.38. The Morgan fingerprint density at radius 3 is 2.19 bits per heavy atom. The van der Waals surface area contributed by atoms with Crippen molar-refractivity contribution in [1.82, 2.24) is 10.2 Å². The van der Waals surface area contributed by atoms with E-state index >= 15 is 0 Å². The highest BCUT2D eigenvalue weighted by molar-refractivity contribution is 8.00. The van der Waals surface area contributed by atoms with Gasteiger partial charge in [0, 0.05) is 31.1 Å². The molecule has 6 nitrogen and oxygen atoms in total. The summed E-state index contributed by atoms with van der Waals surface area (Å²) in [6.45, 7) is 8.94. The number of imide groups is 1. The second kappa shape index (κ2) is 20.6. The van der Waals surface area contributed by atoms with Gasteiger partial charge in [-0.05, 0) is 50.2 Å². The smallest absolute Gasteiger partial charge is 0.242 e. The minimum Gasteiger partial charge on any atom is -0.353 e. The molecule has 1 heterocycles. The summed E-state index contributed by atoms with van der Waals surface area (Å²) < 4.78 is 0. The number of unbranched alkanes of at least 4 members (excludes halogenated alkanes) is 7. The molecule has 1 rings (SSSR count). The van der Waals surface area contributed by atoms with Crippen LogP contribution in [0.2, 0.25) is 0 Å². The predicted molar refractivity (Wildman–Crippen MR) is 157 cm³/mol. The largest absolute Gasteiger partial charge is 0.353 e. The Balaban J connectivity index is 2.37. The zero-order valence-corrected chi connectivity index (χ0v) is 25.1. The van der Waals surface area contributed by atoms with Crippen molar-refractivity contribution in [1.29, 1.82) is 5.41 Å². The fourth-order valence-corrected chi connectivity index (χ4v) is 5.92. The molecule has 0 saturated carbocycles. The molecule has 3 unspecified atom stereocenters. The average molecular weight is 538 g/mol. The number of carbonyl (C=O) groups is 3. The zero-order valence-electron chi connectivity index (χ0n) is 24.2. The van der Waals surface area contributed by atoms with Crippen molar-refractivity contribution in [3.63, 3.8) is 0 Å². The first-order valence-corrected chi connectivity index (χ1v) is 16.2. The molecule has 0 aromatic carbocycles. The summed E-state index contributed by atoms with van der Waals surface area (Å²) >= 11 is 1.54. The zero-order chi connectivity index (χ0) is 27.5. The molecular weight excluding hydrogens is 482 g/mol. The van der Waals surface area contributed by atoms with Crippen LogP contribution in [0.15, 0.2) is 0 Å². The van der Waals surface area contributed by atoms with E-state index in [1.165, 1.54) is 49.8 Å². The molecule has 3 amide bonds. The minimum atomic E-state index is -0.306. The number of thioether (sulfide) groups is 1. The first kappa shape index (κ1) is 33.7. The normalized spacial score (nSPS) is 17.3. The number of rotatable bonds is 23. The van der Waals surface area contributed by atoms with Gasteiger partial charge in [0.15, 0.2) is 0 Å². The van der Waals surface area contributed by atoms with E-state index in [0.29, 0.717) is 25.3 Å². The van der Waals surface area contributed by atoms with Crippen LogP contribution in [0.5, 0.6) is 0 Å². The first-order valence-electron chi connectivity index (χ1n) is 15.2. The highest BCUT2D eigenvalue weighted by atomic mass is 32.2. The van der Waals surface area contributed by atoms with E-state index in [-0.39, 0.29) is 35.4 Å². The van der Waals surface area contributed by atoms with Gasteiger partial charge < -0.3 is 10.7 Å². The van der Waals surface area contributed by atoms with Gasteiger partial charge in [0.1, 0.15) is 0 Å². The molecular formula is C30H55N3O3S. The van der Waals surface area contributed by atoms with Gasteiger partial charge >= 0.3 is 0 Å². The number of nitrogens with one attached hydrogen (secondary N) is 2. The molecule has 0 aromatic rings. The number of hydrogen-bond acceptors (Lipinski definition) is 5. The Morgan fingerprint density at radius 2 is 1.57 bits per heavy atom. The van der Waals surface area contributed by atoms with Crippen LogP contribution in [0.4, 0.5) is 0 Å². The maximum atomic E-state index is 12.8. The number of amides is 3. The van der Waals surface area contributed by atoms with E-state index in [2.05, 4.69) is 33.0 Å². The minimum absolute atomic E-state index is 0.0443. The van der Waals surface area contributed by atoms with Crippen LogP contribution >= 0.6 is 11.8 Å². The SMILES string of the molecule is CCCCCCCC(CCCCCC)NC(=O)CCCN1C(=O)CC(SCCCC(=N)C(C)CC)C1=O. The van der Waals surface area contributed by atoms with Crippen molar-refractivity contribution < 1.29 is 14.4 Å². The van der Waals surface area contributed by atoms with E-state index in [1.54, 1.807) is 11.8 Å². The maximum Gasteiger partial charge on any atom is 0.242 e.